The van der Waals surface area contributed by atoms with E-state index in [1.165, 1.54) is 6.20 Å². The zero-order chi connectivity index (χ0) is 12.8. The number of amides is 1. The van der Waals surface area contributed by atoms with Crippen molar-refractivity contribution in [3.63, 3.8) is 0 Å². The smallest absolute Gasteiger partial charge is 0.271 e. The summed E-state index contributed by atoms with van der Waals surface area (Å²) in [7, 11) is 1.74. The number of nitrogens with one attached hydrogen (secondary N) is 2. The monoisotopic (exact) mass is 236 g/mol. The van der Waals surface area contributed by atoms with E-state index in [4.69, 9.17) is 0 Å². The van der Waals surface area contributed by atoms with Gasteiger partial charge in [0.1, 0.15) is 11.5 Å². The zero-order valence-electron chi connectivity index (χ0n) is 10.8. The highest BCUT2D eigenvalue weighted by Crippen LogP contribution is 2.08. The predicted molar refractivity (Wildman–Crippen MR) is 67.9 cm³/mol. The molecule has 0 spiro atoms. The largest absolute Gasteiger partial charge is 0.372 e. The molecule has 1 heterocycles. The second-order valence-corrected chi connectivity index (χ2v) is 4.47. The molecule has 0 aliphatic rings. The van der Waals surface area contributed by atoms with E-state index < -0.39 is 0 Å². The Balaban J connectivity index is 2.57. The van der Waals surface area contributed by atoms with Crippen LogP contribution in [0.4, 0.5) is 5.82 Å². The average molecular weight is 236 g/mol. The fourth-order valence-corrected chi connectivity index (χ4v) is 1.18. The van der Waals surface area contributed by atoms with Gasteiger partial charge in [-0.25, -0.2) is 4.98 Å². The SMILES string of the molecule is CNc1cncc(C(=O)NCC(C)C(C)C)n1. The van der Waals surface area contributed by atoms with Gasteiger partial charge in [0.15, 0.2) is 0 Å². The molecule has 0 aliphatic carbocycles. The van der Waals surface area contributed by atoms with Gasteiger partial charge in [-0.1, -0.05) is 20.8 Å². The highest BCUT2D eigenvalue weighted by Gasteiger charge is 2.12. The number of hydrogen-bond acceptors (Lipinski definition) is 4. The Labute approximate surface area is 102 Å². The minimum Gasteiger partial charge on any atom is -0.372 e. The molecule has 0 bridgehead atoms. The van der Waals surface area contributed by atoms with Crippen LogP contribution < -0.4 is 10.6 Å². The molecule has 1 aromatic rings. The summed E-state index contributed by atoms with van der Waals surface area (Å²) >= 11 is 0. The van der Waals surface area contributed by atoms with Gasteiger partial charge in [-0.2, -0.15) is 0 Å². The Kier molecular flexibility index (Phi) is 4.87. The van der Waals surface area contributed by atoms with Gasteiger partial charge in [0, 0.05) is 13.6 Å². The van der Waals surface area contributed by atoms with Crippen LogP contribution >= 0.6 is 0 Å². The minimum absolute atomic E-state index is 0.179. The molecule has 2 N–H and O–H groups in total. The summed E-state index contributed by atoms with van der Waals surface area (Å²) in [6, 6.07) is 0. The van der Waals surface area contributed by atoms with Crippen LogP contribution in [0.1, 0.15) is 31.3 Å². The van der Waals surface area contributed by atoms with Gasteiger partial charge in [0.05, 0.1) is 12.4 Å². The number of aromatic nitrogens is 2. The van der Waals surface area contributed by atoms with Crippen LogP contribution in [0, 0.1) is 11.8 Å². The number of hydrogen-bond donors (Lipinski definition) is 2. The molecule has 0 fully saturated rings. The van der Waals surface area contributed by atoms with Crippen molar-refractivity contribution in [2.75, 3.05) is 18.9 Å². The van der Waals surface area contributed by atoms with Crippen LogP contribution in [0.15, 0.2) is 12.4 Å². The van der Waals surface area contributed by atoms with E-state index in [1.807, 2.05) is 0 Å². The molecule has 0 aliphatic heterocycles. The molecule has 1 unspecified atom stereocenters. The lowest BCUT2D eigenvalue weighted by Gasteiger charge is -2.15. The molecule has 1 rings (SSSR count). The molecule has 94 valence electrons. The van der Waals surface area contributed by atoms with Gasteiger partial charge in [-0.05, 0) is 11.8 Å². The number of anilines is 1. The van der Waals surface area contributed by atoms with Gasteiger partial charge in [-0.3, -0.25) is 9.78 Å². The van der Waals surface area contributed by atoms with E-state index in [1.54, 1.807) is 13.2 Å². The van der Waals surface area contributed by atoms with Crippen LogP contribution in [0.3, 0.4) is 0 Å². The summed E-state index contributed by atoms with van der Waals surface area (Å²) < 4.78 is 0. The number of nitrogens with zero attached hydrogens (tertiary/aromatic N) is 2. The van der Waals surface area contributed by atoms with Gasteiger partial charge >= 0.3 is 0 Å². The summed E-state index contributed by atoms with van der Waals surface area (Å²) in [5, 5.41) is 5.71. The summed E-state index contributed by atoms with van der Waals surface area (Å²) in [4.78, 5) is 19.9. The number of rotatable bonds is 5. The third-order valence-corrected chi connectivity index (χ3v) is 2.85. The quantitative estimate of drug-likeness (QED) is 0.813. The van der Waals surface area contributed by atoms with Gasteiger partial charge in [-0.15, -0.1) is 0 Å². The summed E-state index contributed by atoms with van der Waals surface area (Å²) in [5.74, 6) is 1.40. The van der Waals surface area contributed by atoms with Crippen molar-refractivity contribution < 1.29 is 4.79 Å². The average Bonchev–Trinajstić information content (AvgIpc) is 2.35. The zero-order valence-corrected chi connectivity index (χ0v) is 10.8. The molecular weight excluding hydrogens is 216 g/mol. The lowest BCUT2D eigenvalue weighted by molar-refractivity contribution is 0.0939. The fraction of sp³-hybridized carbons (Fsp3) is 0.583. The number of carbonyl (C=O) groups is 1. The van der Waals surface area contributed by atoms with E-state index in [0.29, 0.717) is 29.9 Å². The van der Waals surface area contributed by atoms with Crippen LogP contribution in [-0.4, -0.2) is 29.5 Å². The fourth-order valence-electron chi connectivity index (χ4n) is 1.18. The van der Waals surface area contributed by atoms with Crippen LogP contribution in [0.5, 0.6) is 0 Å². The summed E-state index contributed by atoms with van der Waals surface area (Å²) in [6.45, 7) is 7.04. The first kappa shape index (κ1) is 13.4. The second-order valence-electron chi connectivity index (χ2n) is 4.47. The molecule has 0 aromatic carbocycles. The third kappa shape index (κ3) is 4.01. The molecule has 0 radical (unpaired) electrons. The van der Waals surface area contributed by atoms with Crippen LogP contribution in [0.2, 0.25) is 0 Å². The first-order valence-corrected chi connectivity index (χ1v) is 5.82. The topological polar surface area (TPSA) is 66.9 Å². The van der Waals surface area contributed by atoms with E-state index in [-0.39, 0.29) is 5.91 Å². The highest BCUT2D eigenvalue weighted by molar-refractivity contribution is 5.92. The molecule has 1 amide bonds. The molecule has 0 saturated heterocycles. The first-order valence-electron chi connectivity index (χ1n) is 5.82. The van der Waals surface area contributed by atoms with E-state index >= 15 is 0 Å². The second kappa shape index (κ2) is 6.18. The molecule has 17 heavy (non-hydrogen) atoms. The van der Waals surface area contributed by atoms with Crippen molar-refractivity contribution in [2.24, 2.45) is 11.8 Å². The normalized spacial score (nSPS) is 12.3. The Morgan fingerprint density at radius 1 is 1.35 bits per heavy atom. The standard InChI is InChI=1S/C12H20N4O/c1-8(2)9(3)5-15-12(17)10-6-14-7-11(13-4)16-10/h6-9H,5H2,1-4H3,(H,13,16)(H,15,17). The van der Waals surface area contributed by atoms with E-state index in [2.05, 4.69) is 41.4 Å². The molecule has 5 heteroatoms. The predicted octanol–water partition coefficient (Wildman–Crippen LogP) is 1.54. The van der Waals surface area contributed by atoms with E-state index in [0.717, 1.165) is 0 Å². The molecule has 0 saturated carbocycles. The van der Waals surface area contributed by atoms with Crippen molar-refractivity contribution >= 4 is 11.7 Å². The van der Waals surface area contributed by atoms with Crippen molar-refractivity contribution in [3.05, 3.63) is 18.1 Å². The maximum Gasteiger partial charge on any atom is 0.271 e. The summed E-state index contributed by atoms with van der Waals surface area (Å²) in [6.07, 6.45) is 3.05. The van der Waals surface area contributed by atoms with Crippen molar-refractivity contribution in [2.45, 2.75) is 20.8 Å². The van der Waals surface area contributed by atoms with Gasteiger partial charge < -0.3 is 10.6 Å². The summed E-state index contributed by atoms with van der Waals surface area (Å²) in [5.41, 5.74) is 0.341. The Hall–Kier alpha value is -1.65. The van der Waals surface area contributed by atoms with Gasteiger partial charge in [0.2, 0.25) is 0 Å². The van der Waals surface area contributed by atoms with E-state index in [9.17, 15) is 4.79 Å². The molecule has 1 aromatic heterocycles. The Bertz CT molecular complexity index is 379. The van der Waals surface area contributed by atoms with Crippen LogP contribution in [-0.2, 0) is 0 Å². The molecular formula is C12H20N4O. The lowest BCUT2D eigenvalue weighted by atomic mass is 9.98. The maximum atomic E-state index is 11.8. The molecule has 1 atom stereocenters. The van der Waals surface area contributed by atoms with Gasteiger partial charge in [0.25, 0.3) is 5.91 Å². The Morgan fingerprint density at radius 3 is 2.65 bits per heavy atom. The van der Waals surface area contributed by atoms with Crippen molar-refractivity contribution in [1.29, 1.82) is 0 Å². The Morgan fingerprint density at radius 2 is 2.06 bits per heavy atom. The number of carbonyl (C=O) groups excluding carboxylic acids is 1. The maximum absolute atomic E-state index is 11.8. The molecule has 5 nitrogen and oxygen atoms in total. The minimum atomic E-state index is -0.179. The van der Waals surface area contributed by atoms with Crippen LogP contribution in [0.25, 0.3) is 0 Å². The first-order chi connectivity index (χ1) is 8.04. The van der Waals surface area contributed by atoms with Crippen molar-refractivity contribution in [3.8, 4) is 0 Å². The lowest BCUT2D eigenvalue weighted by Crippen LogP contribution is -2.30. The van der Waals surface area contributed by atoms with Crippen molar-refractivity contribution in [1.82, 2.24) is 15.3 Å². The third-order valence-electron chi connectivity index (χ3n) is 2.85. The highest BCUT2D eigenvalue weighted by atomic mass is 16.1.